The Kier molecular flexibility index (Phi) is 5.11. The smallest absolute Gasteiger partial charge is 0.335 e. The van der Waals surface area contributed by atoms with Gasteiger partial charge in [-0.1, -0.05) is 0 Å². The molecule has 0 saturated heterocycles. The zero-order valence-electron chi connectivity index (χ0n) is 12.0. The molecule has 0 radical (unpaired) electrons. The van der Waals surface area contributed by atoms with E-state index in [4.69, 9.17) is 5.11 Å². The molecule has 7 nitrogen and oxygen atoms in total. The number of carboxylic acids is 1. The molecule has 1 aromatic rings. The van der Waals surface area contributed by atoms with Crippen LogP contribution in [0.2, 0.25) is 0 Å². The molecule has 0 atom stereocenters. The van der Waals surface area contributed by atoms with Crippen molar-refractivity contribution in [3.05, 3.63) is 28.8 Å². The van der Waals surface area contributed by atoms with Crippen LogP contribution in [0.15, 0.2) is 17.0 Å². The highest BCUT2D eigenvalue weighted by molar-refractivity contribution is 7.89. The van der Waals surface area contributed by atoms with E-state index >= 15 is 0 Å². The lowest BCUT2D eigenvalue weighted by atomic mass is 10.1. The second-order valence-electron chi connectivity index (χ2n) is 5.20. The van der Waals surface area contributed by atoms with E-state index in [0.717, 1.165) is 6.07 Å². The summed E-state index contributed by atoms with van der Waals surface area (Å²) in [6.07, 6.45) is 0. The summed E-state index contributed by atoms with van der Waals surface area (Å²) in [6, 6.07) is 2.44. The van der Waals surface area contributed by atoms with Gasteiger partial charge in [0.05, 0.1) is 29.2 Å². The third-order valence-electron chi connectivity index (χ3n) is 3.23. The van der Waals surface area contributed by atoms with Gasteiger partial charge in [0, 0.05) is 0 Å². The normalized spacial score (nSPS) is 12.4. The summed E-state index contributed by atoms with van der Waals surface area (Å²) in [5, 5.41) is 27.4. The molecule has 1 rings (SSSR count). The molecular formula is C13H19NO6S. The fourth-order valence-corrected chi connectivity index (χ4v) is 3.46. The number of rotatable bonds is 6. The second-order valence-corrected chi connectivity index (χ2v) is 6.85. The zero-order valence-corrected chi connectivity index (χ0v) is 12.9. The van der Waals surface area contributed by atoms with Gasteiger partial charge < -0.3 is 15.3 Å². The Balaban J connectivity index is 3.41. The van der Waals surface area contributed by atoms with E-state index < -0.39 is 34.7 Å². The van der Waals surface area contributed by atoms with Gasteiger partial charge in [-0.05, 0) is 44.0 Å². The van der Waals surface area contributed by atoms with Gasteiger partial charge in [-0.2, -0.15) is 0 Å². The van der Waals surface area contributed by atoms with Gasteiger partial charge >= 0.3 is 5.97 Å². The Morgan fingerprint density at radius 1 is 1.24 bits per heavy atom. The zero-order chi connectivity index (χ0) is 16.4. The van der Waals surface area contributed by atoms with Gasteiger partial charge in [-0.15, -0.1) is 0 Å². The van der Waals surface area contributed by atoms with E-state index in [1.807, 2.05) is 0 Å². The molecule has 0 saturated carbocycles. The Bertz CT molecular complexity index is 649. The molecular weight excluding hydrogens is 298 g/mol. The molecule has 4 N–H and O–H groups in total. The Hall–Kier alpha value is -1.48. The topological polar surface area (TPSA) is 124 Å². The maximum atomic E-state index is 12.4. The van der Waals surface area contributed by atoms with Crippen LogP contribution < -0.4 is 4.72 Å². The minimum atomic E-state index is -4.08. The van der Waals surface area contributed by atoms with E-state index in [2.05, 4.69) is 4.72 Å². The van der Waals surface area contributed by atoms with Gasteiger partial charge in [-0.25, -0.2) is 17.9 Å². The van der Waals surface area contributed by atoms with Gasteiger partial charge in [0.25, 0.3) is 0 Å². The van der Waals surface area contributed by atoms with Crippen molar-refractivity contribution in [2.45, 2.75) is 31.2 Å². The molecule has 0 aliphatic heterocycles. The molecule has 0 bridgehead atoms. The lowest BCUT2D eigenvalue weighted by Gasteiger charge is -2.26. The summed E-state index contributed by atoms with van der Waals surface area (Å²) in [4.78, 5) is 10.9. The molecule has 0 heterocycles. The molecule has 0 amide bonds. The first-order chi connectivity index (χ1) is 9.56. The van der Waals surface area contributed by atoms with Crippen LogP contribution in [-0.4, -0.2) is 48.5 Å². The highest BCUT2D eigenvalue weighted by Gasteiger charge is 2.31. The first-order valence-corrected chi connectivity index (χ1v) is 7.65. The summed E-state index contributed by atoms with van der Waals surface area (Å²) in [7, 11) is -4.08. The fraction of sp³-hybridized carbons (Fsp3) is 0.462. The first-order valence-electron chi connectivity index (χ1n) is 6.16. The lowest BCUT2D eigenvalue weighted by molar-refractivity contribution is 0.0696. The molecule has 0 aliphatic rings. The van der Waals surface area contributed by atoms with Crippen LogP contribution in [0.25, 0.3) is 0 Å². The van der Waals surface area contributed by atoms with Crippen LogP contribution in [0, 0.1) is 13.8 Å². The number of aromatic carboxylic acids is 1. The number of aliphatic hydroxyl groups is 2. The van der Waals surface area contributed by atoms with Crippen molar-refractivity contribution in [3.8, 4) is 0 Å². The number of aryl methyl sites for hydroxylation is 1. The maximum absolute atomic E-state index is 12.4. The fourth-order valence-electron chi connectivity index (χ4n) is 1.72. The Labute approximate surface area is 123 Å². The molecule has 118 valence electrons. The predicted octanol–water partition coefficient (Wildman–Crippen LogP) is 0.0232. The molecule has 21 heavy (non-hydrogen) atoms. The average Bonchev–Trinajstić information content (AvgIpc) is 2.40. The van der Waals surface area contributed by atoms with Crippen LogP contribution in [0.3, 0.4) is 0 Å². The molecule has 8 heteroatoms. The van der Waals surface area contributed by atoms with Crippen molar-refractivity contribution < 1.29 is 28.5 Å². The van der Waals surface area contributed by atoms with Crippen LogP contribution in [0.1, 0.15) is 28.4 Å². The molecule has 0 spiro atoms. The van der Waals surface area contributed by atoms with E-state index in [9.17, 15) is 23.4 Å². The number of carboxylic acid groups (broad SMARTS) is 1. The summed E-state index contributed by atoms with van der Waals surface area (Å²) < 4.78 is 27.0. The molecule has 0 aromatic heterocycles. The summed E-state index contributed by atoms with van der Waals surface area (Å²) in [5.41, 5.74) is -0.651. The van der Waals surface area contributed by atoms with Gasteiger partial charge in [0.2, 0.25) is 10.0 Å². The third-order valence-corrected chi connectivity index (χ3v) is 5.00. The van der Waals surface area contributed by atoms with Crippen LogP contribution >= 0.6 is 0 Å². The van der Waals surface area contributed by atoms with E-state index in [1.165, 1.54) is 13.0 Å². The molecule has 1 aromatic carbocycles. The SMILES string of the molecule is Cc1cc(C(=O)O)cc(S(=O)(=O)NC(C)(CO)CO)c1C. The van der Waals surface area contributed by atoms with Crippen molar-refractivity contribution in [1.82, 2.24) is 4.72 Å². The van der Waals surface area contributed by atoms with E-state index in [-0.39, 0.29) is 10.5 Å². The monoisotopic (exact) mass is 317 g/mol. The van der Waals surface area contributed by atoms with Crippen LogP contribution in [0.4, 0.5) is 0 Å². The standard InChI is InChI=1S/C13H19NO6S/c1-8-4-10(12(17)18)5-11(9(8)2)21(19,20)14-13(3,6-15)7-16/h4-5,14-16H,6-7H2,1-3H3,(H,17,18). The summed E-state index contributed by atoms with van der Waals surface area (Å²) in [5.74, 6) is -1.23. The largest absolute Gasteiger partial charge is 0.478 e. The number of hydrogen-bond donors (Lipinski definition) is 4. The quantitative estimate of drug-likeness (QED) is 0.586. The lowest BCUT2D eigenvalue weighted by Crippen LogP contribution is -2.51. The van der Waals surface area contributed by atoms with Crippen LogP contribution in [-0.2, 0) is 10.0 Å². The van der Waals surface area contributed by atoms with Crippen molar-refractivity contribution in [3.63, 3.8) is 0 Å². The number of benzene rings is 1. The highest BCUT2D eigenvalue weighted by atomic mass is 32.2. The first kappa shape index (κ1) is 17.6. The minimum absolute atomic E-state index is 0.145. The Morgan fingerprint density at radius 2 is 1.76 bits per heavy atom. The second kappa shape index (κ2) is 6.10. The number of sulfonamides is 1. The van der Waals surface area contributed by atoms with Gasteiger partial charge in [-0.3, -0.25) is 0 Å². The van der Waals surface area contributed by atoms with Crippen molar-refractivity contribution in [1.29, 1.82) is 0 Å². The summed E-state index contributed by atoms with van der Waals surface area (Å²) >= 11 is 0. The molecule has 0 unspecified atom stereocenters. The number of nitrogens with one attached hydrogen (secondary N) is 1. The maximum Gasteiger partial charge on any atom is 0.335 e. The van der Waals surface area contributed by atoms with Crippen molar-refractivity contribution in [2.24, 2.45) is 0 Å². The Morgan fingerprint density at radius 3 is 2.19 bits per heavy atom. The average molecular weight is 317 g/mol. The number of hydrogen-bond acceptors (Lipinski definition) is 5. The minimum Gasteiger partial charge on any atom is -0.478 e. The van der Waals surface area contributed by atoms with Crippen molar-refractivity contribution >= 4 is 16.0 Å². The predicted molar refractivity (Wildman–Crippen MR) is 75.8 cm³/mol. The number of aliphatic hydroxyl groups excluding tert-OH is 2. The van der Waals surface area contributed by atoms with Gasteiger partial charge in [0.1, 0.15) is 0 Å². The van der Waals surface area contributed by atoms with Crippen LogP contribution in [0.5, 0.6) is 0 Å². The van der Waals surface area contributed by atoms with E-state index in [0.29, 0.717) is 11.1 Å². The van der Waals surface area contributed by atoms with E-state index in [1.54, 1.807) is 13.8 Å². The van der Waals surface area contributed by atoms with Gasteiger partial charge in [0.15, 0.2) is 0 Å². The highest BCUT2D eigenvalue weighted by Crippen LogP contribution is 2.22. The summed E-state index contributed by atoms with van der Waals surface area (Å²) in [6.45, 7) is 3.31. The third kappa shape index (κ3) is 3.79. The molecule has 0 fully saturated rings. The van der Waals surface area contributed by atoms with Crippen molar-refractivity contribution in [2.75, 3.05) is 13.2 Å². The number of carbonyl (C=O) groups is 1. The molecule has 0 aliphatic carbocycles.